The third-order valence-electron chi connectivity index (χ3n) is 5.51. The SMILES string of the molecule is CCc1ccccc1-c1cnc(=S)n2cc(-c3ccc(-c4ccccc4)cc3)[nH]c12. The molecule has 5 rings (SSSR count). The van der Waals surface area contributed by atoms with E-state index in [1.807, 2.05) is 22.9 Å². The second-order valence-corrected chi connectivity index (χ2v) is 7.66. The molecular weight excluding hydrogens is 386 g/mol. The molecule has 1 N–H and O–H groups in total. The van der Waals surface area contributed by atoms with Gasteiger partial charge in [0.2, 0.25) is 4.77 Å². The Bertz CT molecular complexity index is 1380. The molecule has 0 atom stereocenters. The molecule has 5 aromatic rings. The van der Waals surface area contributed by atoms with Crippen LogP contribution in [-0.4, -0.2) is 14.4 Å². The maximum atomic E-state index is 5.50. The topological polar surface area (TPSA) is 33.1 Å². The van der Waals surface area contributed by atoms with Gasteiger partial charge < -0.3 is 4.98 Å². The van der Waals surface area contributed by atoms with Gasteiger partial charge in [-0.15, -0.1) is 0 Å². The molecule has 0 unspecified atom stereocenters. The standard InChI is InChI=1S/C26H21N3S/c1-2-18-8-6-7-11-22(18)23-16-27-26(30)29-17-24(28-25(23)29)21-14-12-20(13-15-21)19-9-4-3-5-10-19/h3-17,28H,2H2,1H3. The average Bonchev–Trinajstić information content (AvgIpc) is 3.26. The Kier molecular flexibility index (Phi) is 4.77. The summed E-state index contributed by atoms with van der Waals surface area (Å²) in [5.41, 5.74) is 9.06. The quantitative estimate of drug-likeness (QED) is 0.327. The Balaban J connectivity index is 1.62. The van der Waals surface area contributed by atoms with Gasteiger partial charge in [0, 0.05) is 18.0 Å². The highest BCUT2D eigenvalue weighted by atomic mass is 32.1. The molecule has 2 heterocycles. The number of aryl methyl sites for hydroxylation is 1. The lowest BCUT2D eigenvalue weighted by molar-refractivity contribution is 1.05. The van der Waals surface area contributed by atoms with Crippen LogP contribution in [0.4, 0.5) is 0 Å². The van der Waals surface area contributed by atoms with Gasteiger partial charge in [-0.25, -0.2) is 4.98 Å². The summed E-state index contributed by atoms with van der Waals surface area (Å²) in [5, 5.41) is 0. The minimum absolute atomic E-state index is 0.547. The van der Waals surface area contributed by atoms with Crippen molar-refractivity contribution in [3.63, 3.8) is 0 Å². The van der Waals surface area contributed by atoms with Crippen molar-refractivity contribution in [3.05, 3.63) is 102 Å². The van der Waals surface area contributed by atoms with E-state index in [0.717, 1.165) is 28.9 Å². The molecule has 146 valence electrons. The Labute approximate surface area is 180 Å². The molecule has 3 nitrogen and oxygen atoms in total. The van der Waals surface area contributed by atoms with Gasteiger partial charge in [0.15, 0.2) is 0 Å². The van der Waals surface area contributed by atoms with E-state index in [-0.39, 0.29) is 0 Å². The normalized spacial score (nSPS) is 11.1. The number of benzene rings is 3. The van der Waals surface area contributed by atoms with Crippen molar-refractivity contribution in [1.29, 1.82) is 0 Å². The van der Waals surface area contributed by atoms with Gasteiger partial charge in [-0.05, 0) is 46.5 Å². The molecule has 0 aliphatic heterocycles. The Morgan fingerprint density at radius 1 is 0.800 bits per heavy atom. The molecule has 2 aromatic heterocycles. The molecule has 4 heteroatoms. The van der Waals surface area contributed by atoms with Crippen molar-refractivity contribution >= 4 is 17.9 Å². The first-order valence-corrected chi connectivity index (χ1v) is 10.5. The van der Waals surface area contributed by atoms with Crippen LogP contribution in [0.1, 0.15) is 12.5 Å². The molecule has 30 heavy (non-hydrogen) atoms. The fourth-order valence-electron chi connectivity index (χ4n) is 3.91. The van der Waals surface area contributed by atoms with E-state index < -0.39 is 0 Å². The zero-order valence-electron chi connectivity index (χ0n) is 16.7. The van der Waals surface area contributed by atoms with Crippen LogP contribution in [0.15, 0.2) is 91.3 Å². The van der Waals surface area contributed by atoms with Crippen LogP contribution in [0.2, 0.25) is 0 Å². The second kappa shape index (κ2) is 7.73. The number of hydrogen-bond donors (Lipinski definition) is 1. The summed E-state index contributed by atoms with van der Waals surface area (Å²) in [4.78, 5) is 8.06. The zero-order chi connectivity index (χ0) is 20.5. The number of H-pyrrole nitrogens is 1. The van der Waals surface area contributed by atoms with Crippen molar-refractivity contribution in [2.24, 2.45) is 0 Å². The number of aromatic nitrogens is 3. The van der Waals surface area contributed by atoms with Gasteiger partial charge in [0.05, 0.1) is 5.69 Å². The van der Waals surface area contributed by atoms with E-state index in [1.165, 1.54) is 22.3 Å². The maximum absolute atomic E-state index is 5.50. The molecule has 3 aromatic carbocycles. The molecule has 0 bridgehead atoms. The number of hydrogen-bond acceptors (Lipinski definition) is 2. The van der Waals surface area contributed by atoms with Gasteiger partial charge >= 0.3 is 0 Å². The molecule has 0 aliphatic carbocycles. The first-order valence-electron chi connectivity index (χ1n) is 10.1. The molecular formula is C26H21N3S. The van der Waals surface area contributed by atoms with Crippen LogP contribution in [0.3, 0.4) is 0 Å². The summed E-state index contributed by atoms with van der Waals surface area (Å²) in [6, 6.07) is 27.5. The monoisotopic (exact) mass is 407 g/mol. The minimum Gasteiger partial charge on any atom is -0.339 e. The largest absolute Gasteiger partial charge is 0.339 e. The maximum Gasteiger partial charge on any atom is 0.205 e. The molecule has 0 amide bonds. The smallest absolute Gasteiger partial charge is 0.205 e. The minimum atomic E-state index is 0.547. The predicted octanol–water partition coefficient (Wildman–Crippen LogP) is 6.96. The van der Waals surface area contributed by atoms with E-state index in [9.17, 15) is 0 Å². The first-order chi connectivity index (χ1) is 14.7. The highest BCUT2D eigenvalue weighted by molar-refractivity contribution is 7.71. The molecule has 0 aliphatic rings. The van der Waals surface area contributed by atoms with Gasteiger partial charge in [0.25, 0.3) is 0 Å². The summed E-state index contributed by atoms with van der Waals surface area (Å²) < 4.78 is 2.52. The van der Waals surface area contributed by atoms with E-state index in [4.69, 9.17) is 12.2 Å². The lowest BCUT2D eigenvalue weighted by Crippen LogP contribution is -1.95. The van der Waals surface area contributed by atoms with Crippen LogP contribution in [-0.2, 0) is 6.42 Å². The number of nitrogens with zero attached hydrogens (tertiary/aromatic N) is 2. The van der Waals surface area contributed by atoms with E-state index >= 15 is 0 Å². The second-order valence-electron chi connectivity index (χ2n) is 7.29. The van der Waals surface area contributed by atoms with Crippen LogP contribution in [0.5, 0.6) is 0 Å². The van der Waals surface area contributed by atoms with Gasteiger partial charge in [-0.1, -0.05) is 85.8 Å². The fourth-order valence-corrected chi connectivity index (χ4v) is 4.11. The van der Waals surface area contributed by atoms with Crippen molar-refractivity contribution in [1.82, 2.24) is 14.4 Å². The highest BCUT2D eigenvalue weighted by Crippen LogP contribution is 2.30. The third-order valence-corrected chi connectivity index (χ3v) is 5.81. The summed E-state index contributed by atoms with van der Waals surface area (Å²) in [6.45, 7) is 2.17. The Morgan fingerprint density at radius 3 is 2.23 bits per heavy atom. The average molecular weight is 408 g/mol. The number of rotatable bonds is 4. The van der Waals surface area contributed by atoms with Gasteiger partial charge in [-0.3, -0.25) is 4.40 Å². The van der Waals surface area contributed by atoms with Gasteiger partial charge in [0.1, 0.15) is 5.65 Å². The number of nitrogens with one attached hydrogen (secondary N) is 1. The first kappa shape index (κ1) is 18.5. The zero-order valence-corrected chi connectivity index (χ0v) is 17.5. The number of fused-ring (bicyclic) bond motifs is 1. The Morgan fingerprint density at radius 2 is 1.47 bits per heavy atom. The van der Waals surface area contributed by atoms with Gasteiger partial charge in [-0.2, -0.15) is 0 Å². The van der Waals surface area contributed by atoms with Crippen LogP contribution >= 0.6 is 12.2 Å². The lowest BCUT2D eigenvalue weighted by atomic mass is 10.00. The van der Waals surface area contributed by atoms with Crippen LogP contribution < -0.4 is 0 Å². The highest BCUT2D eigenvalue weighted by Gasteiger charge is 2.12. The van der Waals surface area contributed by atoms with E-state index in [1.54, 1.807) is 0 Å². The summed E-state index contributed by atoms with van der Waals surface area (Å²) in [7, 11) is 0. The lowest BCUT2D eigenvalue weighted by Gasteiger charge is -2.09. The third kappa shape index (κ3) is 3.25. The molecule has 0 spiro atoms. The van der Waals surface area contributed by atoms with Crippen LogP contribution in [0.25, 0.3) is 39.2 Å². The molecule has 0 saturated heterocycles. The van der Waals surface area contributed by atoms with Crippen molar-refractivity contribution in [3.8, 4) is 33.5 Å². The summed E-state index contributed by atoms with van der Waals surface area (Å²) in [5.74, 6) is 0. The summed E-state index contributed by atoms with van der Waals surface area (Å²) in [6.07, 6.45) is 4.89. The number of imidazole rings is 1. The molecule has 0 fully saturated rings. The fraction of sp³-hybridized carbons (Fsp3) is 0.0769. The van der Waals surface area contributed by atoms with Crippen molar-refractivity contribution in [2.75, 3.05) is 0 Å². The molecule has 0 radical (unpaired) electrons. The Hall–Kier alpha value is -3.50. The predicted molar refractivity (Wildman–Crippen MR) is 126 cm³/mol. The van der Waals surface area contributed by atoms with E-state index in [0.29, 0.717) is 4.77 Å². The van der Waals surface area contributed by atoms with E-state index in [2.05, 4.69) is 89.7 Å². The molecule has 0 saturated carbocycles. The summed E-state index contributed by atoms with van der Waals surface area (Å²) >= 11 is 5.50. The van der Waals surface area contributed by atoms with Crippen LogP contribution in [0, 0.1) is 4.77 Å². The van der Waals surface area contributed by atoms with Crippen molar-refractivity contribution in [2.45, 2.75) is 13.3 Å². The van der Waals surface area contributed by atoms with Crippen molar-refractivity contribution < 1.29 is 0 Å². The number of aromatic amines is 1.